The number of hydrogen-bond acceptors (Lipinski definition) is 3. The second-order valence-electron chi connectivity index (χ2n) is 3.94. The van der Waals surface area contributed by atoms with Gasteiger partial charge in [0.2, 0.25) is 0 Å². The molecule has 0 aromatic heterocycles. The van der Waals surface area contributed by atoms with Crippen LogP contribution in [0.15, 0.2) is 42.5 Å². The van der Waals surface area contributed by atoms with E-state index in [4.69, 9.17) is 5.11 Å². The normalized spacial score (nSPS) is 10.4. The molecular formula is C14H14O3. The summed E-state index contributed by atoms with van der Waals surface area (Å²) in [6, 6.07) is 11.7. The third kappa shape index (κ3) is 2.69. The number of phenols is 3. The zero-order chi connectivity index (χ0) is 12.3. The minimum Gasteiger partial charge on any atom is -0.508 e. The molecule has 0 atom stereocenters. The Labute approximate surface area is 99.6 Å². The summed E-state index contributed by atoms with van der Waals surface area (Å²) >= 11 is 0. The molecule has 0 aliphatic rings. The van der Waals surface area contributed by atoms with Gasteiger partial charge in [0.15, 0.2) is 0 Å². The first-order valence-electron chi connectivity index (χ1n) is 5.44. The first-order valence-corrected chi connectivity index (χ1v) is 5.44. The largest absolute Gasteiger partial charge is 0.508 e. The van der Waals surface area contributed by atoms with Crippen molar-refractivity contribution in [1.29, 1.82) is 0 Å². The van der Waals surface area contributed by atoms with Gasteiger partial charge in [0.1, 0.15) is 17.2 Å². The minimum absolute atomic E-state index is 0.0498. The number of rotatable bonds is 3. The Morgan fingerprint density at radius 3 is 2.00 bits per heavy atom. The van der Waals surface area contributed by atoms with E-state index in [2.05, 4.69) is 0 Å². The van der Waals surface area contributed by atoms with Gasteiger partial charge in [-0.3, -0.25) is 0 Å². The molecule has 0 amide bonds. The fraction of sp³-hybridized carbons (Fsp3) is 0.143. The number of hydrogen-bond donors (Lipinski definition) is 3. The third-order valence-electron chi connectivity index (χ3n) is 2.72. The molecule has 0 saturated carbocycles. The van der Waals surface area contributed by atoms with Crippen LogP contribution in [0.25, 0.3) is 0 Å². The van der Waals surface area contributed by atoms with Gasteiger partial charge in [0.05, 0.1) is 0 Å². The Morgan fingerprint density at radius 1 is 0.706 bits per heavy atom. The summed E-state index contributed by atoms with van der Waals surface area (Å²) in [7, 11) is 0. The van der Waals surface area contributed by atoms with Crippen LogP contribution >= 0.6 is 0 Å². The predicted octanol–water partition coefficient (Wildman–Crippen LogP) is 2.59. The van der Waals surface area contributed by atoms with Crippen LogP contribution < -0.4 is 0 Å². The van der Waals surface area contributed by atoms with Crippen molar-refractivity contribution >= 4 is 0 Å². The van der Waals surface area contributed by atoms with Gasteiger partial charge in [-0.25, -0.2) is 0 Å². The SMILES string of the molecule is Oc1ccc(CCc2ccccc2O)c(O)c1. The van der Waals surface area contributed by atoms with Crippen molar-refractivity contribution in [3.8, 4) is 17.2 Å². The first-order chi connectivity index (χ1) is 8.16. The van der Waals surface area contributed by atoms with E-state index >= 15 is 0 Å². The fourth-order valence-electron chi connectivity index (χ4n) is 1.76. The van der Waals surface area contributed by atoms with Gasteiger partial charge in [-0.15, -0.1) is 0 Å². The topological polar surface area (TPSA) is 60.7 Å². The van der Waals surface area contributed by atoms with E-state index in [0.717, 1.165) is 11.1 Å². The van der Waals surface area contributed by atoms with E-state index in [1.54, 1.807) is 24.3 Å². The molecule has 0 saturated heterocycles. The zero-order valence-electron chi connectivity index (χ0n) is 9.30. The minimum atomic E-state index is 0.0498. The van der Waals surface area contributed by atoms with Crippen LogP contribution in [-0.2, 0) is 12.8 Å². The summed E-state index contributed by atoms with van der Waals surface area (Å²) in [4.78, 5) is 0. The molecule has 88 valence electrons. The van der Waals surface area contributed by atoms with Gasteiger partial charge in [0, 0.05) is 6.07 Å². The second kappa shape index (κ2) is 4.78. The maximum absolute atomic E-state index is 9.62. The summed E-state index contributed by atoms with van der Waals surface area (Å²) in [6.07, 6.45) is 1.26. The maximum Gasteiger partial charge on any atom is 0.122 e. The molecule has 17 heavy (non-hydrogen) atoms. The molecule has 0 unspecified atom stereocenters. The molecule has 0 spiro atoms. The van der Waals surface area contributed by atoms with Gasteiger partial charge < -0.3 is 15.3 Å². The quantitative estimate of drug-likeness (QED) is 0.759. The Bertz CT molecular complexity index is 521. The molecule has 2 aromatic carbocycles. The van der Waals surface area contributed by atoms with Crippen molar-refractivity contribution in [3.63, 3.8) is 0 Å². The molecule has 3 nitrogen and oxygen atoms in total. The molecule has 3 N–H and O–H groups in total. The van der Waals surface area contributed by atoms with E-state index in [-0.39, 0.29) is 17.2 Å². The van der Waals surface area contributed by atoms with Crippen molar-refractivity contribution in [2.45, 2.75) is 12.8 Å². The molecule has 2 aromatic rings. The standard InChI is InChI=1S/C14H14O3/c15-12-8-7-11(14(17)9-12)6-5-10-3-1-2-4-13(10)16/h1-4,7-9,15-17H,5-6H2. The van der Waals surface area contributed by atoms with Crippen LogP contribution in [0, 0.1) is 0 Å². The van der Waals surface area contributed by atoms with E-state index in [1.165, 1.54) is 6.07 Å². The smallest absolute Gasteiger partial charge is 0.122 e. The number of phenolic OH excluding ortho intramolecular Hbond substituents is 3. The van der Waals surface area contributed by atoms with Gasteiger partial charge >= 0.3 is 0 Å². The Balaban J connectivity index is 2.10. The molecule has 0 fully saturated rings. The number of para-hydroxylation sites is 1. The van der Waals surface area contributed by atoms with Crippen molar-refractivity contribution in [2.24, 2.45) is 0 Å². The summed E-state index contributed by atoms with van der Waals surface area (Å²) in [5.41, 5.74) is 1.60. The lowest BCUT2D eigenvalue weighted by Crippen LogP contribution is -1.92. The monoisotopic (exact) mass is 230 g/mol. The number of aryl methyl sites for hydroxylation is 2. The zero-order valence-corrected chi connectivity index (χ0v) is 9.30. The highest BCUT2D eigenvalue weighted by molar-refractivity contribution is 5.40. The molecule has 0 aliphatic heterocycles. The maximum atomic E-state index is 9.62. The molecule has 0 heterocycles. The fourth-order valence-corrected chi connectivity index (χ4v) is 1.76. The van der Waals surface area contributed by atoms with Crippen molar-refractivity contribution in [2.75, 3.05) is 0 Å². The van der Waals surface area contributed by atoms with Gasteiger partial charge in [-0.05, 0) is 36.1 Å². The average Bonchev–Trinajstić information content (AvgIpc) is 2.30. The van der Waals surface area contributed by atoms with Crippen molar-refractivity contribution < 1.29 is 15.3 Å². The van der Waals surface area contributed by atoms with Gasteiger partial charge in [-0.1, -0.05) is 24.3 Å². The second-order valence-corrected chi connectivity index (χ2v) is 3.94. The lowest BCUT2D eigenvalue weighted by molar-refractivity contribution is 0.445. The van der Waals surface area contributed by atoms with Crippen LogP contribution in [0.4, 0.5) is 0 Å². The van der Waals surface area contributed by atoms with E-state index in [0.29, 0.717) is 12.8 Å². The summed E-state index contributed by atoms with van der Waals surface area (Å²) in [5, 5.41) is 28.4. The number of aromatic hydroxyl groups is 3. The van der Waals surface area contributed by atoms with Gasteiger partial charge in [-0.2, -0.15) is 0 Å². The van der Waals surface area contributed by atoms with Crippen LogP contribution in [0.1, 0.15) is 11.1 Å². The predicted molar refractivity (Wildman–Crippen MR) is 65.3 cm³/mol. The third-order valence-corrected chi connectivity index (χ3v) is 2.72. The molecule has 0 bridgehead atoms. The summed E-state index contributed by atoms with van der Waals surface area (Å²) in [5.74, 6) is 0.403. The van der Waals surface area contributed by atoms with E-state index in [1.807, 2.05) is 12.1 Å². The summed E-state index contributed by atoms with van der Waals surface area (Å²) in [6.45, 7) is 0. The molecule has 3 heteroatoms. The summed E-state index contributed by atoms with van der Waals surface area (Å²) < 4.78 is 0. The molecule has 0 radical (unpaired) electrons. The Hall–Kier alpha value is -2.16. The molecular weight excluding hydrogens is 216 g/mol. The Kier molecular flexibility index (Phi) is 3.19. The highest BCUT2D eigenvalue weighted by Crippen LogP contribution is 2.25. The van der Waals surface area contributed by atoms with Crippen molar-refractivity contribution in [3.05, 3.63) is 53.6 Å². The van der Waals surface area contributed by atoms with Crippen molar-refractivity contribution in [1.82, 2.24) is 0 Å². The Morgan fingerprint density at radius 2 is 1.35 bits per heavy atom. The van der Waals surface area contributed by atoms with Crippen LogP contribution in [0.3, 0.4) is 0 Å². The van der Waals surface area contributed by atoms with Gasteiger partial charge in [0.25, 0.3) is 0 Å². The van der Waals surface area contributed by atoms with Crippen LogP contribution in [0.5, 0.6) is 17.2 Å². The molecule has 0 aliphatic carbocycles. The molecule has 2 rings (SSSR count). The highest BCUT2D eigenvalue weighted by atomic mass is 16.3. The highest BCUT2D eigenvalue weighted by Gasteiger charge is 2.05. The van der Waals surface area contributed by atoms with Crippen LogP contribution in [0.2, 0.25) is 0 Å². The first kappa shape index (κ1) is 11.3. The lowest BCUT2D eigenvalue weighted by Gasteiger charge is -2.06. The van der Waals surface area contributed by atoms with Crippen LogP contribution in [-0.4, -0.2) is 15.3 Å². The lowest BCUT2D eigenvalue weighted by atomic mass is 10.0. The van der Waals surface area contributed by atoms with E-state index < -0.39 is 0 Å². The average molecular weight is 230 g/mol. The van der Waals surface area contributed by atoms with E-state index in [9.17, 15) is 10.2 Å². The number of benzene rings is 2.